The fourth-order valence-corrected chi connectivity index (χ4v) is 2.88. The van der Waals surface area contributed by atoms with Crippen LogP contribution in [-0.2, 0) is 6.54 Å². The largest absolute Gasteiger partial charge is 0.477 e. The smallest absolute Gasteiger partial charge is 0.274 e. The second kappa shape index (κ2) is 8.65. The molecule has 3 aromatic rings. The number of carbonyl (C=O) groups is 1. The quantitative estimate of drug-likeness (QED) is 0.681. The third kappa shape index (κ3) is 4.36. The van der Waals surface area contributed by atoms with Gasteiger partial charge in [-0.05, 0) is 38.5 Å². The van der Waals surface area contributed by atoms with Crippen LogP contribution in [0, 0.1) is 6.92 Å². The number of carbonyl (C=O) groups excluding carboxylic acids is 1. The maximum Gasteiger partial charge on any atom is 0.274 e. The van der Waals surface area contributed by atoms with Gasteiger partial charge in [0, 0.05) is 17.1 Å². The number of hydrogen-bond acceptors (Lipinski definition) is 5. The molecule has 2 aromatic heterocycles. The topological polar surface area (TPSA) is 86.1 Å². The van der Waals surface area contributed by atoms with E-state index in [0.29, 0.717) is 23.4 Å². The highest BCUT2D eigenvalue weighted by Gasteiger charge is 2.17. The summed E-state index contributed by atoms with van der Waals surface area (Å²) in [4.78, 5) is 29.6. The number of aryl methyl sites for hydroxylation is 1. The van der Waals surface area contributed by atoms with Crippen LogP contribution in [-0.4, -0.2) is 33.3 Å². The summed E-state index contributed by atoms with van der Waals surface area (Å²) >= 11 is 0. The van der Waals surface area contributed by atoms with Gasteiger partial charge in [-0.15, -0.1) is 0 Å². The third-order valence-electron chi connectivity index (χ3n) is 4.27. The zero-order valence-electron chi connectivity index (χ0n) is 16.3. The molecule has 1 aromatic carbocycles. The third-order valence-corrected chi connectivity index (χ3v) is 4.27. The average Bonchev–Trinajstić information content (AvgIpc) is 2.68. The van der Waals surface area contributed by atoms with Gasteiger partial charge < -0.3 is 10.1 Å². The predicted molar refractivity (Wildman–Crippen MR) is 108 cm³/mol. The number of hydrogen-bond donors (Lipinski definition) is 1. The van der Waals surface area contributed by atoms with Crippen molar-refractivity contribution in [3.8, 4) is 5.88 Å². The van der Waals surface area contributed by atoms with Crippen molar-refractivity contribution >= 4 is 16.7 Å². The Morgan fingerprint density at radius 1 is 1.25 bits per heavy atom. The van der Waals surface area contributed by atoms with Crippen molar-refractivity contribution in [2.75, 3.05) is 6.61 Å². The molecule has 7 heteroatoms. The molecule has 0 bridgehead atoms. The molecular weight excluding hydrogens is 356 g/mol. The molecule has 0 aliphatic heterocycles. The molecule has 146 valence electrons. The summed E-state index contributed by atoms with van der Waals surface area (Å²) in [5, 5.41) is 8.51. The Balaban J connectivity index is 1.75. The molecule has 0 saturated heterocycles. The minimum Gasteiger partial charge on any atom is -0.477 e. The van der Waals surface area contributed by atoms with E-state index in [4.69, 9.17) is 4.74 Å². The van der Waals surface area contributed by atoms with Crippen molar-refractivity contribution < 1.29 is 9.53 Å². The van der Waals surface area contributed by atoms with Gasteiger partial charge in [0.1, 0.15) is 5.56 Å². The molecule has 0 spiro atoms. The number of rotatable bonds is 7. The molecule has 0 aliphatic carbocycles. The van der Waals surface area contributed by atoms with E-state index in [1.54, 1.807) is 24.4 Å². The maximum atomic E-state index is 12.7. The van der Waals surface area contributed by atoms with Crippen LogP contribution >= 0.6 is 0 Å². The van der Waals surface area contributed by atoms with Crippen molar-refractivity contribution in [1.82, 2.24) is 20.1 Å². The lowest BCUT2D eigenvalue weighted by atomic mass is 10.2. The Labute approximate surface area is 163 Å². The Hall–Kier alpha value is -3.22. The number of pyridine rings is 1. The zero-order valence-corrected chi connectivity index (χ0v) is 16.3. The summed E-state index contributed by atoms with van der Waals surface area (Å²) in [6.07, 6.45) is 2.48. The Bertz CT molecular complexity index is 1050. The van der Waals surface area contributed by atoms with Gasteiger partial charge in [-0.25, -0.2) is 9.67 Å². The van der Waals surface area contributed by atoms with E-state index in [-0.39, 0.29) is 24.1 Å². The molecular formula is C21H24N4O3. The molecule has 3 rings (SSSR count). The molecule has 1 unspecified atom stereocenters. The van der Waals surface area contributed by atoms with Gasteiger partial charge in [-0.1, -0.05) is 25.1 Å². The average molecular weight is 380 g/mol. The summed E-state index contributed by atoms with van der Waals surface area (Å²) in [5.74, 6) is 0.0347. The molecule has 1 atom stereocenters. The van der Waals surface area contributed by atoms with Gasteiger partial charge >= 0.3 is 0 Å². The van der Waals surface area contributed by atoms with Crippen LogP contribution < -0.4 is 15.6 Å². The van der Waals surface area contributed by atoms with Crippen LogP contribution in [0.2, 0.25) is 0 Å². The van der Waals surface area contributed by atoms with Gasteiger partial charge in [-0.3, -0.25) is 9.59 Å². The van der Waals surface area contributed by atoms with Crippen molar-refractivity contribution in [1.29, 1.82) is 0 Å². The van der Waals surface area contributed by atoms with Gasteiger partial charge in [0.05, 0.1) is 24.7 Å². The second-order valence-corrected chi connectivity index (χ2v) is 6.75. The first kappa shape index (κ1) is 19.5. The van der Waals surface area contributed by atoms with Crippen LogP contribution in [0.1, 0.15) is 36.3 Å². The number of benzene rings is 1. The van der Waals surface area contributed by atoms with Gasteiger partial charge in [-0.2, -0.15) is 5.10 Å². The first-order valence-electron chi connectivity index (χ1n) is 9.35. The number of amides is 1. The number of fused-ring (bicyclic) bond motifs is 1. The maximum absolute atomic E-state index is 12.7. The molecule has 0 radical (unpaired) electrons. The van der Waals surface area contributed by atoms with E-state index >= 15 is 0 Å². The van der Waals surface area contributed by atoms with E-state index in [1.807, 2.05) is 39.0 Å². The van der Waals surface area contributed by atoms with Crippen LogP contribution in [0.4, 0.5) is 0 Å². The van der Waals surface area contributed by atoms with Gasteiger partial charge in [0.25, 0.3) is 11.5 Å². The highest BCUT2D eigenvalue weighted by molar-refractivity contribution is 5.96. The number of nitrogens with zero attached hydrogens (tertiary/aromatic N) is 3. The molecule has 2 heterocycles. The number of nitrogens with one attached hydrogen (secondary N) is 1. The van der Waals surface area contributed by atoms with Crippen molar-refractivity contribution in [2.45, 2.75) is 39.8 Å². The van der Waals surface area contributed by atoms with E-state index in [0.717, 1.165) is 17.5 Å². The molecule has 0 saturated carbocycles. The van der Waals surface area contributed by atoms with Crippen LogP contribution in [0.3, 0.4) is 0 Å². The highest BCUT2D eigenvalue weighted by atomic mass is 16.5. The first-order valence-corrected chi connectivity index (χ1v) is 9.35. The van der Waals surface area contributed by atoms with Crippen LogP contribution in [0.15, 0.2) is 47.4 Å². The van der Waals surface area contributed by atoms with E-state index in [2.05, 4.69) is 15.4 Å². The predicted octanol–water partition coefficient (Wildman–Crippen LogP) is 2.71. The standard InChI is InChI=1S/C21H24N4O3/c1-4-11-28-20-18(10-9-14(2)24-20)19(26)23-15(3)13-25-21(27)17-8-6-5-7-16(17)12-22-25/h5-10,12,15H,4,11,13H2,1-3H3,(H,23,26). The van der Waals surface area contributed by atoms with Crippen LogP contribution in [0.25, 0.3) is 10.8 Å². The Morgan fingerprint density at radius 2 is 2.04 bits per heavy atom. The summed E-state index contributed by atoms with van der Waals surface area (Å²) in [6.45, 7) is 6.42. The molecule has 1 N–H and O–H groups in total. The summed E-state index contributed by atoms with van der Waals surface area (Å²) in [6, 6.07) is 10.5. The SMILES string of the molecule is CCCOc1nc(C)ccc1C(=O)NC(C)Cn1ncc2ccccc2c1=O. The minimum atomic E-state index is -0.306. The normalized spacial score (nSPS) is 12.0. The lowest BCUT2D eigenvalue weighted by Gasteiger charge is -2.16. The van der Waals surface area contributed by atoms with E-state index < -0.39 is 0 Å². The molecule has 28 heavy (non-hydrogen) atoms. The summed E-state index contributed by atoms with van der Waals surface area (Å²) < 4.78 is 6.99. The second-order valence-electron chi connectivity index (χ2n) is 6.75. The summed E-state index contributed by atoms with van der Waals surface area (Å²) in [7, 11) is 0. The lowest BCUT2D eigenvalue weighted by Crippen LogP contribution is -2.39. The van der Waals surface area contributed by atoms with Gasteiger partial charge in [0.15, 0.2) is 0 Å². The Kier molecular flexibility index (Phi) is 6.03. The molecule has 1 amide bonds. The number of aromatic nitrogens is 3. The summed E-state index contributed by atoms with van der Waals surface area (Å²) in [5.41, 5.74) is 0.982. The van der Waals surface area contributed by atoms with Crippen molar-refractivity contribution in [2.24, 2.45) is 0 Å². The van der Waals surface area contributed by atoms with Crippen LogP contribution in [0.5, 0.6) is 5.88 Å². The fourth-order valence-electron chi connectivity index (χ4n) is 2.88. The minimum absolute atomic E-state index is 0.178. The molecule has 0 aliphatic rings. The van der Waals surface area contributed by atoms with Crippen molar-refractivity contribution in [3.63, 3.8) is 0 Å². The number of ether oxygens (including phenoxy) is 1. The molecule has 7 nitrogen and oxygen atoms in total. The van der Waals surface area contributed by atoms with Crippen molar-refractivity contribution in [3.05, 3.63) is 64.2 Å². The first-order chi connectivity index (χ1) is 13.5. The lowest BCUT2D eigenvalue weighted by molar-refractivity contribution is 0.0930. The Morgan fingerprint density at radius 3 is 2.82 bits per heavy atom. The zero-order chi connectivity index (χ0) is 20.1. The van der Waals surface area contributed by atoms with Gasteiger partial charge in [0.2, 0.25) is 5.88 Å². The monoisotopic (exact) mass is 380 g/mol. The van der Waals surface area contributed by atoms with E-state index in [9.17, 15) is 9.59 Å². The highest BCUT2D eigenvalue weighted by Crippen LogP contribution is 2.17. The molecule has 0 fully saturated rings. The van der Waals surface area contributed by atoms with E-state index in [1.165, 1.54) is 4.68 Å². The fraction of sp³-hybridized carbons (Fsp3) is 0.333.